The van der Waals surface area contributed by atoms with Gasteiger partial charge < -0.3 is 15.5 Å². The lowest BCUT2D eigenvalue weighted by Gasteiger charge is -2.05. The van der Waals surface area contributed by atoms with Gasteiger partial charge in [0, 0.05) is 13.1 Å². The van der Waals surface area contributed by atoms with Crippen LogP contribution in [0.5, 0.6) is 5.75 Å². The Morgan fingerprint density at radius 1 is 0.944 bits per heavy atom. The van der Waals surface area contributed by atoms with Gasteiger partial charge in [0.25, 0.3) is 0 Å². The molecule has 4 nitrogen and oxygen atoms in total. The van der Waals surface area contributed by atoms with Gasteiger partial charge in [0.2, 0.25) is 0 Å². The second-order valence-corrected chi connectivity index (χ2v) is 4.09. The van der Waals surface area contributed by atoms with Crippen LogP contribution in [0.4, 0.5) is 0 Å². The van der Waals surface area contributed by atoms with E-state index in [2.05, 4.69) is 10.3 Å². The molecule has 94 valence electrons. The molecule has 0 saturated heterocycles. The topological polar surface area (TPSA) is 65.4 Å². The number of benzene rings is 1. The molecule has 18 heavy (non-hydrogen) atoms. The van der Waals surface area contributed by atoms with Crippen LogP contribution < -0.4 is 5.32 Å². The highest BCUT2D eigenvalue weighted by molar-refractivity contribution is 5.22. The van der Waals surface area contributed by atoms with Crippen molar-refractivity contribution in [2.75, 3.05) is 0 Å². The van der Waals surface area contributed by atoms with E-state index in [1.54, 1.807) is 12.1 Å². The molecule has 1 aromatic carbocycles. The summed E-state index contributed by atoms with van der Waals surface area (Å²) >= 11 is 0. The standard InChI is InChI=1S/C14H16N2O2/c17-10-12-3-1-11(2-4-12)7-15-8-13-5-6-14(18)9-16-13/h1-6,9,15,17-18H,7-8,10H2. The number of aliphatic hydroxyl groups is 1. The molecule has 0 fully saturated rings. The molecule has 0 radical (unpaired) electrons. The quantitative estimate of drug-likeness (QED) is 0.747. The van der Waals surface area contributed by atoms with Gasteiger partial charge in [-0.3, -0.25) is 4.98 Å². The number of aliphatic hydroxyl groups excluding tert-OH is 1. The van der Waals surface area contributed by atoms with Crippen LogP contribution in [0.25, 0.3) is 0 Å². The molecule has 4 heteroatoms. The zero-order valence-corrected chi connectivity index (χ0v) is 10.0. The van der Waals surface area contributed by atoms with Crippen molar-refractivity contribution in [1.29, 1.82) is 0 Å². The molecule has 1 heterocycles. The zero-order chi connectivity index (χ0) is 12.8. The van der Waals surface area contributed by atoms with Crippen molar-refractivity contribution < 1.29 is 10.2 Å². The fourth-order valence-corrected chi connectivity index (χ4v) is 1.62. The van der Waals surface area contributed by atoms with Crippen LogP contribution in [-0.4, -0.2) is 15.2 Å². The second kappa shape index (κ2) is 6.14. The van der Waals surface area contributed by atoms with Crippen LogP contribution in [0.3, 0.4) is 0 Å². The molecule has 3 N–H and O–H groups in total. The van der Waals surface area contributed by atoms with Crippen LogP contribution in [0.15, 0.2) is 42.6 Å². The number of rotatable bonds is 5. The fraction of sp³-hybridized carbons (Fsp3) is 0.214. The van der Waals surface area contributed by atoms with Gasteiger partial charge >= 0.3 is 0 Å². The Bertz CT molecular complexity index is 480. The Kier molecular flexibility index (Phi) is 4.28. The second-order valence-electron chi connectivity index (χ2n) is 4.09. The Hall–Kier alpha value is -1.91. The van der Waals surface area contributed by atoms with Gasteiger partial charge in [-0.25, -0.2) is 0 Å². The summed E-state index contributed by atoms with van der Waals surface area (Å²) in [6.45, 7) is 1.47. The average Bonchev–Trinajstić information content (AvgIpc) is 2.42. The summed E-state index contributed by atoms with van der Waals surface area (Å²) < 4.78 is 0. The molecular weight excluding hydrogens is 228 g/mol. The largest absolute Gasteiger partial charge is 0.506 e. The SMILES string of the molecule is OCc1ccc(CNCc2ccc(O)cn2)cc1. The normalized spacial score (nSPS) is 10.5. The Labute approximate surface area is 106 Å². The molecule has 0 aliphatic carbocycles. The molecule has 0 unspecified atom stereocenters. The molecule has 0 bridgehead atoms. The van der Waals surface area contributed by atoms with E-state index < -0.39 is 0 Å². The minimum absolute atomic E-state index is 0.0745. The van der Waals surface area contributed by atoms with E-state index in [1.807, 2.05) is 24.3 Å². The summed E-state index contributed by atoms with van der Waals surface area (Å²) in [7, 11) is 0. The van der Waals surface area contributed by atoms with Crippen molar-refractivity contribution in [2.45, 2.75) is 19.7 Å². The van der Waals surface area contributed by atoms with Gasteiger partial charge in [0.1, 0.15) is 5.75 Å². The van der Waals surface area contributed by atoms with Gasteiger partial charge in [0.05, 0.1) is 18.5 Å². The smallest absolute Gasteiger partial charge is 0.133 e. The third kappa shape index (κ3) is 3.55. The van der Waals surface area contributed by atoms with Crippen molar-refractivity contribution in [3.63, 3.8) is 0 Å². The van der Waals surface area contributed by atoms with E-state index in [9.17, 15) is 0 Å². The third-order valence-electron chi connectivity index (χ3n) is 2.65. The molecule has 0 atom stereocenters. The lowest BCUT2D eigenvalue weighted by Crippen LogP contribution is -2.13. The van der Waals surface area contributed by atoms with Crippen molar-refractivity contribution in [3.05, 3.63) is 59.4 Å². The zero-order valence-electron chi connectivity index (χ0n) is 10.0. The van der Waals surface area contributed by atoms with Crippen molar-refractivity contribution in [1.82, 2.24) is 10.3 Å². The summed E-state index contributed by atoms with van der Waals surface area (Å²) in [5.74, 6) is 0.179. The predicted molar refractivity (Wildman–Crippen MR) is 68.8 cm³/mol. The summed E-state index contributed by atoms with van der Waals surface area (Å²) in [5, 5.41) is 21.3. The average molecular weight is 244 g/mol. The van der Waals surface area contributed by atoms with E-state index in [0.29, 0.717) is 6.54 Å². The van der Waals surface area contributed by atoms with Crippen molar-refractivity contribution >= 4 is 0 Å². The first kappa shape index (κ1) is 12.5. The summed E-state index contributed by atoms with van der Waals surface area (Å²) in [4.78, 5) is 4.09. The lowest BCUT2D eigenvalue weighted by atomic mass is 10.1. The lowest BCUT2D eigenvalue weighted by molar-refractivity contribution is 0.282. The maximum atomic E-state index is 9.11. The van der Waals surface area contributed by atoms with E-state index >= 15 is 0 Å². The highest BCUT2D eigenvalue weighted by Crippen LogP contribution is 2.07. The van der Waals surface area contributed by atoms with E-state index in [1.165, 1.54) is 6.20 Å². The number of nitrogens with one attached hydrogen (secondary N) is 1. The minimum Gasteiger partial charge on any atom is -0.506 e. The molecule has 0 saturated carbocycles. The van der Waals surface area contributed by atoms with Crippen LogP contribution in [-0.2, 0) is 19.7 Å². The maximum Gasteiger partial charge on any atom is 0.133 e. The summed E-state index contributed by atoms with van der Waals surface area (Å²) in [5.41, 5.74) is 2.96. The predicted octanol–water partition coefficient (Wildman–Crippen LogP) is 1.57. The molecule has 0 amide bonds. The fourth-order valence-electron chi connectivity index (χ4n) is 1.62. The van der Waals surface area contributed by atoms with E-state index in [-0.39, 0.29) is 12.4 Å². The number of aromatic nitrogens is 1. The third-order valence-corrected chi connectivity index (χ3v) is 2.65. The first-order chi connectivity index (χ1) is 8.78. The first-order valence-corrected chi connectivity index (χ1v) is 5.81. The first-order valence-electron chi connectivity index (χ1n) is 5.81. The summed E-state index contributed by atoms with van der Waals surface area (Å²) in [6.07, 6.45) is 1.44. The summed E-state index contributed by atoms with van der Waals surface area (Å²) in [6, 6.07) is 11.2. The van der Waals surface area contributed by atoms with Gasteiger partial charge in [-0.2, -0.15) is 0 Å². The Morgan fingerprint density at radius 2 is 1.67 bits per heavy atom. The highest BCUT2D eigenvalue weighted by atomic mass is 16.3. The Morgan fingerprint density at radius 3 is 2.28 bits per heavy atom. The number of pyridine rings is 1. The van der Waals surface area contributed by atoms with Crippen LogP contribution in [0, 0.1) is 0 Å². The van der Waals surface area contributed by atoms with Gasteiger partial charge in [-0.05, 0) is 23.3 Å². The van der Waals surface area contributed by atoms with Gasteiger partial charge in [0.15, 0.2) is 0 Å². The highest BCUT2D eigenvalue weighted by Gasteiger charge is 1.96. The van der Waals surface area contributed by atoms with Crippen molar-refractivity contribution in [2.24, 2.45) is 0 Å². The van der Waals surface area contributed by atoms with Crippen LogP contribution >= 0.6 is 0 Å². The van der Waals surface area contributed by atoms with E-state index in [4.69, 9.17) is 10.2 Å². The number of hydrogen-bond donors (Lipinski definition) is 3. The molecular formula is C14H16N2O2. The van der Waals surface area contributed by atoms with Gasteiger partial charge in [-0.15, -0.1) is 0 Å². The Balaban J connectivity index is 1.82. The molecule has 2 aromatic rings. The minimum atomic E-state index is 0.0745. The van der Waals surface area contributed by atoms with E-state index in [0.717, 1.165) is 23.4 Å². The van der Waals surface area contributed by atoms with Crippen LogP contribution in [0.1, 0.15) is 16.8 Å². The molecule has 0 aliphatic heterocycles. The molecule has 1 aromatic heterocycles. The number of hydrogen-bond acceptors (Lipinski definition) is 4. The molecule has 0 spiro atoms. The van der Waals surface area contributed by atoms with Crippen molar-refractivity contribution in [3.8, 4) is 5.75 Å². The maximum absolute atomic E-state index is 9.11. The number of aromatic hydroxyl groups is 1. The van der Waals surface area contributed by atoms with Gasteiger partial charge in [-0.1, -0.05) is 24.3 Å². The molecule has 2 rings (SSSR count). The van der Waals surface area contributed by atoms with Crippen LogP contribution in [0.2, 0.25) is 0 Å². The molecule has 0 aliphatic rings. The number of nitrogens with zero attached hydrogens (tertiary/aromatic N) is 1. The monoisotopic (exact) mass is 244 g/mol.